The number of nitrogens with zero attached hydrogens (tertiary/aromatic N) is 4. The Hall–Kier alpha value is -2.44. The molecular weight excluding hydrogens is 314 g/mol. The number of rotatable bonds is 6. The maximum absolute atomic E-state index is 5.95. The molecule has 1 N–H and O–H groups in total. The number of ether oxygens (including phenoxy) is 1. The van der Waals surface area contributed by atoms with Crippen molar-refractivity contribution in [3.63, 3.8) is 0 Å². The van der Waals surface area contributed by atoms with Crippen LogP contribution in [0.4, 0.5) is 0 Å². The van der Waals surface area contributed by atoms with Crippen LogP contribution in [0.5, 0.6) is 0 Å². The lowest BCUT2D eigenvalue weighted by Crippen LogP contribution is -2.32. The van der Waals surface area contributed by atoms with Gasteiger partial charge in [-0.25, -0.2) is 9.67 Å². The first-order valence-corrected chi connectivity index (χ1v) is 8.80. The minimum Gasteiger partial charge on any atom is -0.369 e. The highest BCUT2D eigenvalue weighted by Crippen LogP contribution is 2.28. The third kappa shape index (κ3) is 3.36. The first-order valence-electron chi connectivity index (χ1n) is 8.80. The molecule has 6 heteroatoms. The molecule has 0 radical (unpaired) electrons. The van der Waals surface area contributed by atoms with Crippen molar-refractivity contribution >= 4 is 0 Å². The van der Waals surface area contributed by atoms with Crippen molar-refractivity contribution in [3.8, 4) is 5.69 Å². The summed E-state index contributed by atoms with van der Waals surface area (Å²) in [6.07, 6.45) is 8.64. The number of imidazole rings is 1. The Labute approximate surface area is 147 Å². The molecule has 1 aromatic carbocycles. The van der Waals surface area contributed by atoms with Gasteiger partial charge in [0, 0.05) is 50.5 Å². The van der Waals surface area contributed by atoms with E-state index in [0.29, 0.717) is 6.04 Å². The van der Waals surface area contributed by atoms with Crippen LogP contribution in [0.1, 0.15) is 30.8 Å². The lowest BCUT2D eigenvalue weighted by molar-refractivity contribution is 0.0886. The molecule has 2 atom stereocenters. The van der Waals surface area contributed by atoms with Crippen LogP contribution in [0.3, 0.4) is 0 Å². The van der Waals surface area contributed by atoms with Gasteiger partial charge in [0.25, 0.3) is 0 Å². The minimum absolute atomic E-state index is 0.0262. The molecule has 2 aromatic heterocycles. The average Bonchev–Trinajstić information content (AvgIpc) is 3.41. The number of hydrogen-bond acceptors (Lipinski definition) is 4. The Morgan fingerprint density at radius 3 is 2.84 bits per heavy atom. The van der Waals surface area contributed by atoms with Gasteiger partial charge >= 0.3 is 0 Å². The van der Waals surface area contributed by atoms with Crippen molar-refractivity contribution in [2.24, 2.45) is 0 Å². The van der Waals surface area contributed by atoms with Crippen molar-refractivity contribution in [1.29, 1.82) is 0 Å². The Bertz CT molecular complexity index is 794. The van der Waals surface area contributed by atoms with E-state index < -0.39 is 0 Å². The van der Waals surface area contributed by atoms with Crippen LogP contribution >= 0.6 is 0 Å². The van der Waals surface area contributed by atoms with Crippen molar-refractivity contribution < 1.29 is 4.74 Å². The van der Waals surface area contributed by atoms with Crippen LogP contribution in [0.15, 0.2) is 55.1 Å². The molecule has 4 rings (SSSR count). The van der Waals surface area contributed by atoms with Crippen LogP contribution in [0.25, 0.3) is 5.69 Å². The van der Waals surface area contributed by atoms with Crippen molar-refractivity contribution in [3.05, 3.63) is 66.5 Å². The topological polar surface area (TPSA) is 56.9 Å². The Balaban J connectivity index is 1.40. The van der Waals surface area contributed by atoms with Crippen LogP contribution in [0.2, 0.25) is 0 Å². The van der Waals surface area contributed by atoms with E-state index in [1.165, 1.54) is 5.56 Å². The molecule has 3 heterocycles. The molecule has 0 bridgehead atoms. The van der Waals surface area contributed by atoms with Crippen LogP contribution in [-0.4, -0.2) is 32.0 Å². The zero-order chi connectivity index (χ0) is 17.1. The van der Waals surface area contributed by atoms with Gasteiger partial charge in [0.15, 0.2) is 0 Å². The summed E-state index contributed by atoms with van der Waals surface area (Å²) in [6.45, 7) is 4.63. The summed E-state index contributed by atoms with van der Waals surface area (Å²) in [5.74, 6) is 1.02. The highest BCUT2D eigenvalue weighted by Gasteiger charge is 2.32. The number of hydrogen-bond donors (Lipinski definition) is 1. The van der Waals surface area contributed by atoms with Crippen molar-refractivity contribution in [2.45, 2.75) is 38.6 Å². The lowest BCUT2D eigenvalue weighted by Gasteiger charge is -2.20. The third-order valence-corrected chi connectivity index (χ3v) is 4.71. The summed E-state index contributed by atoms with van der Waals surface area (Å²) in [4.78, 5) is 4.50. The Morgan fingerprint density at radius 1 is 1.20 bits per heavy atom. The van der Waals surface area contributed by atoms with Gasteiger partial charge < -0.3 is 14.6 Å². The van der Waals surface area contributed by atoms with E-state index in [2.05, 4.69) is 51.2 Å². The quantitative estimate of drug-likeness (QED) is 0.751. The Morgan fingerprint density at radius 2 is 2.08 bits per heavy atom. The molecule has 3 aromatic rings. The second-order valence-electron chi connectivity index (χ2n) is 6.26. The first-order chi connectivity index (χ1) is 12.3. The van der Waals surface area contributed by atoms with Gasteiger partial charge in [-0.15, -0.1) is 0 Å². The zero-order valence-electron chi connectivity index (χ0n) is 14.4. The second-order valence-corrected chi connectivity index (χ2v) is 6.26. The molecule has 1 saturated heterocycles. The molecule has 1 aliphatic rings. The fourth-order valence-corrected chi connectivity index (χ4v) is 3.34. The van der Waals surface area contributed by atoms with Crippen LogP contribution in [0, 0.1) is 0 Å². The molecule has 0 amide bonds. The zero-order valence-corrected chi connectivity index (χ0v) is 14.4. The predicted molar refractivity (Wildman–Crippen MR) is 95.4 cm³/mol. The molecule has 0 saturated carbocycles. The molecule has 1 aliphatic heterocycles. The number of benzene rings is 1. The van der Waals surface area contributed by atoms with Crippen LogP contribution < -0.4 is 5.32 Å². The van der Waals surface area contributed by atoms with Crippen molar-refractivity contribution in [1.82, 2.24) is 24.6 Å². The smallest absolute Gasteiger partial charge is 0.139 e. The van der Waals surface area contributed by atoms with E-state index in [0.717, 1.165) is 37.6 Å². The third-order valence-electron chi connectivity index (χ3n) is 4.71. The molecule has 0 unspecified atom stereocenters. The van der Waals surface area contributed by atoms with E-state index in [9.17, 15) is 0 Å². The number of aromatic nitrogens is 4. The fraction of sp³-hybridized carbons (Fsp3) is 0.368. The maximum Gasteiger partial charge on any atom is 0.139 e. The fourth-order valence-electron chi connectivity index (χ4n) is 3.34. The summed E-state index contributed by atoms with van der Waals surface area (Å²) in [5, 5.41) is 7.90. The van der Waals surface area contributed by atoms with Gasteiger partial charge in [-0.3, -0.25) is 0 Å². The highest BCUT2D eigenvalue weighted by atomic mass is 16.5. The standard InChI is InChI=1S/C19H23N5O/c1-2-23-12-10-20-19(23)18-17(8-13-25-18)21-14-15-4-6-16(7-5-15)24-11-3-9-22-24/h3-7,9-12,17-18,21H,2,8,13-14H2,1H3/t17-,18-/m0/s1. The van der Waals surface area contributed by atoms with Crippen molar-refractivity contribution in [2.75, 3.05) is 6.61 Å². The lowest BCUT2D eigenvalue weighted by atomic mass is 10.1. The largest absolute Gasteiger partial charge is 0.369 e. The normalized spacial score (nSPS) is 20.2. The van der Waals surface area contributed by atoms with Gasteiger partial charge in [-0.1, -0.05) is 12.1 Å². The summed E-state index contributed by atoms with van der Waals surface area (Å²) in [6, 6.07) is 10.7. The highest BCUT2D eigenvalue weighted by molar-refractivity contribution is 5.33. The van der Waals surface area contributed by atoms with E-state index in [-0.39, 0.29) is 6.10 Å². The van der Waals surface area contributed by atoms with E-state index >= 15 is 0 Å². The molecule has 1 fully saturated rings. The summed E-state index contributed by atoms with van der Waals surface area (Å²) < 4.78 is 9.97. The van der Waals surface area contributed by atoms with E-state index in [1.807, 2.05) is 29.3 Å². The monoisotopic (exact) mass is 337 g/mol. The number of aryl methyl sites for hydroxylation is 1. The summed E-state index contributed by atoms with van der Waals surface area (Å²) >= 11 is 0. The van der Waals surface area contributed by atoms with Gasteiger partial charge in [0.1, 0.15) is 11.9 Å². The van der Waals surface area contributed by atoms with Gasteiger partial charge in [0.2, 0.25) is 0 Å². The molecular formula is C19H23N5O. The minimum atomic E-state index is 0.0262. The van der Waals surface area contributed by atoms with Gasteiger partial charge in [-0.05, 0) is 37.1 Å². The molecule has 0 aliphatic carbocycles. The molecule has 130 valence electrons. The Kier molecular flexibility index (Phi) is 4.63. The van der Waals surface area contributed by atoms with Gasteiger partial charge in [0.05, 0.1) is 5.69 Å². The molecule has 0 spiro atoms. The predicted octanol–water partition coefficient (Wildman–Crippen LogP) is 2.71. The average molecular weight is 337 g/mol. The summed E-state index contributed by atoms with van der Waals surface area (Å²) in [7, 11) is 0. The second kappa shape index (κ2) is 7.21. The SMILES string of the molecule is CCn1ccnc1[C@H]1OCC[C@@H]1NCc1ccc(-n2cccn2)cc1. The molecule has 25 heavy (non-hydrogen) atoms. The number of nitrogens with one attached hydrogen (secondary N) is 1. The first kappa shape index (κ1) is 16.1. The van der Waals surface area contributed by atoms with E-state index in [4.69, 9.17) is 4.74 Å². The maximum atomic E-state index is 5.95. The molecule has 6 nitrogen and oxygen atoms in total. The van der Waals surface area contributed by atoms with Crippen LogP contribution in [-0.2, 0) is 17.8 Å². The van der Waals surface area contributed by atoms with Gasteiger partial charge in [-0.2, -0.15) is 5.10 Å². The summed E-state index contributed by atoms with van der Waals surface area (Å²) in [5.41, 5.74) is 2.32. The van der Waals surface area contributed by atoms with E-state index in [1.54, 1.807) is 6.20 Å².